The summed E-state index contributed by atoms with van der Waals surface area (Å²) in [6.07, 6.45) is 4.43. The maximum Gasteiger partial charge on any atom is 0.181 e. The van der Waals surface area contributed by atoms with Crippen LogP contribution in [0.3, 0.4) is 0 Å². The van der Waals surface area contributed by atoms with Gasteiger partial charge in [0.2, 0.25) is 0 Å². The van der Waals surface area contributed by atoms with Crippen molar-refractivity contribution in [3.63, 3.8) is 0 Å². The first kappa shape index (κ1) is 15.2. The molecule has 24 heavy (non-hydrogen) atoms. The Hall–Kier alpha value is -2.31. The first-order valence-corrected chi connectivity index (χ1v) is 8.71. The van der Waals surface area contributed by atoms with Crippen molar-refractivity contribution in [1.29, 1.82) is 0 Å². The average molecular weight is 338 g/mol. The zero-order valence-corrected chi connectivity index (χ0v) is 14.6. The van der Waals surface area contributed by atoms with Gasteiger partial charge in [0.15, 0.2) is 5.65 Å². The molecule has 1 atom stereocenters. The molecule has 0 aliphatic carbocycles. The molecule has 0 saturated carbocycles. The summed E-state index contributed by atoms with van der Waals surface area (Å²) < 4.78 is 1.76. The number of aromatic nitrogens is 4. The molecule has 5 nitrogen and oxygen atoms in total. The molecule has 0 saturated heterocycles. The Labute approximate surface area is 143 Å². The third kappa shape index (κ3) is 2.48. The quantitative estimate of drug-likeness (QED) is 0.616. The highest BCUT2D eigenvalue weighted by molar-refractivity contribution is 7.18. The van der Waals surface area contributed by atoms with E-state index in [-0.39, 0.29) is 0 Å². The second-order valence-electron chi connectivity index (χ2n) is 6.27. The van der Waals surface area contributed by atoms with E-state index in [0.717, 1.165) is 37.4 Å². The van der Waals surface area contributed by atoms with E-state index in [1.807, 2.05) is 39.2 Å². The summed E-state index contributed by atoms with van der Waals surface area (Å²) in [5.74, 6) is 0. The molecule has 4 aromatic rings. The van der Waals surface area contributed by atoms with Crippen molar-refractivity contribution in [2.24, 2.45) is 7.05 Å². The molecule has 122 valence electrons. The van der Waals surface area contributed by atoms with Gasteiger partial charge in [0.05, 0.1) is 11.3 Å². The number of aryl methyl sites for hydroxylation is 1. The van der Waals surface area contributed by atoms with E-state index in [2.05, 4.69) is 22.2 Å². The van der Waals surface area contributed by atoms with E-state index in [1.165, 1.54) is 0 Å². The van der Waals surface area contributed by atoms with Gasteiger partial charge in [0.1, 0.15) is 4.83 Å². The third-order valence-electron chi connectivity index (χ3n) is 4.37. The minimum atomic E-state index is -0.804. The van der Waals surface area contributed by atoms with Gasteiger partial charge in [-0.05, 0) is 37.6 Å². The van der Waals surface area contributed by atoms with Crippen LogP contribution < -0.4 is 0 Å². The number of hydrogen-bond donors (Lipinski definition) is 1. The minimum absolute atomic E-state index is 0.675. The summed E-state index contributed by atoms with van der Waals surface area (Å²) in [6, 6.07) is 8.14. The van der Waals surface area contributed by atoms with Crippen LogP contribution in [0.1, 0.15) is 25.1 Å². The molecule has 1 N–H and O–H groups in total. The van der Waals surface area contributed by atoms with E-state index in [4.69, 9.17) is 4.98 Å². The summed E-state index contributed by atoms with van der Waals surface area (Å²) in [5.41, 5.74) is 1.78. The van der Waals surface area contributed by atoms with Gasteiger partial charge in [-0.2, -0.15) is 5.10 Å². The Morgan fingerprint density at radius 1 is 1.25 bits per heavy atom. The molecule has 6 heteroatoms. The normalized spacial score (nSPS) is 14.3. The van der Waals surface area contributed by atoms with Crippen molar-refractivity contribution in [3.05, 3.63) is 41.5 Å². The molecule has 4 heterocycles. The minimum Gasteiger partial charge on any atom is -0.385 e. The maximum atomic E-state index is 10.5. The number of rotatable bonds is 3. The molecular weight excluding hydrogens is 320 g/mol. The molecule has 0 amide bonds. The molecule has 0 aliphatic heterocycles. The monoisotopic (exact) mass is 338 g/mol. The van der Waals surface area contributed by atoms with Gasteiger partial charge in [0, 0.05) is 40.7 Å². The lowest BCUT2D eigenvalue weighted by Crippen LogP contribution is -2.17. The lowest BCUT2D eigenvalue weighted by molar-refractivity contribution is 0.0570. The largest absolute Gasteiger partial charge is 0.385 e. The molecule has 0 radical (unpaired) electrons. The number of pyridine rings is 2. The Kier molecular flexibility index (Phi) is 3.40. The van der Waals surface area contributed by atoms with Crippen LogP contribution in [0.2, 0.25) is 0 Å². The SMILES string of the molecule is CC[C@@](C)(O)c1cc2ccc(-c3cnc4nn(C)cc4c3)nc2s1. The van der Waals surface area contributed by atoms with E-state index in [1.54, 1.807) is 22.2 Å². The number of aliphatic hydroxyl groups is 1. The van der Waals surface area contributed by atoms with Crippen molar-refractivity contribution < 1.29 is 5.11 Å². The van der Waals surface area contributed by atoms with E-state index in [0.29, 0.717) is 6.42 Å². The second kappa shape index (κ2) is 5.36. The van der Waals surface area contributed by atoms with Gasteiger partial charge in [-0.25, -0.2) is 9.97 Å². The molecule has 0 spiro atoms. The standard InChI is InChI=1S/C18H18N4OS/c1-4-18(2,23)15-8-11-5-6-14(20-17(11)24-15)12-7-13-10-22(3)21-16(13)19-9-12/h5-10,23H,4H2,1-3H3/t18-/m1/s1. The zero-order valence-electron chi connectivity index (χ0n) is 13.8. The van der Waals surface area contributed by atoms with Crippen LogP contribution in [-0.4, -0.2) is 24.9 Å². The van der Waals surface area contributed by atoms with Crippen molar-refractivity contribution in [2.45, 2.75) is 25.9 Å². The van der Waals surface area contributed by atoms with Crippen LogP contribution in [0.25, 0.3) is 32.5 Å². The highest BCUT2D eigenvalue weighted by atomic mass is 32.1. The van der Waals surface area contributed by atoms with E-state index < -0.39 is 5.60 Å². The second-order valence-corrected chi connectivity index (χ2v) is 7.30. The Balaban J connectivity index is 1.81. The van der Waals surface area contributed by atoms with Crippen molar-refractivity contribution in [1.82, 2.24) is 19.7 Å². The van der Waals surface area contributed by atoms with Crippen LogP contribution >= 0.6 is 11.3 Å². The van der Waals surface area contributed by atoms with Gasteiger partial charge in [0.25, 0.3) is 0 Å². The number of hydrogen-bond acceptors (Lipinski definition) is 5. The van der Waals surface area contributed by atoms with E-state index in [9.17, 15) is 5.11 Å². The zero-order chi connectivity index (χ0) is 16.9. The van der Waals surface area contributed by atoms with Crippen molar-refractivity contribution in [3.8, 4) is 11.3 Å². The molecule has 0 aromatic carbocycles. The number of fused-ring (bicyclic) bond motifs is 2. The van der Waals surface area contributed by atoms with Crippen LogP contribution in [-0.2, 0) is 12.6 Å². The van der Waals surface area contributed by atoms with Gasteiger partial charge in [-0.1, -0.05) is 6.92 Å². The average Bonchev–Trinajstić information content (AvgIpc) is 3.15. The Bertz CT molecular complexity index is 1050. The maximum absolute atomic E-state index is 10.5. The van der Waals surface area contributed by atoms with Gasteiger partial charge in [-0.15, -0.1) is 11.3 Å². The molecule has 0 bridgehead atoms. The molecule has 0 aliphatic rings. The van der Waals surface area contributed by atoms with Gasteiger partial charge >= 0.3 is 0 Å². The molecular formula is C18H18N4OS. The summed E-state index contributed by atoms with van der Waals surface area (Å²) in [6.45, 7) is 3.83. The van der Waals surface area contributed by atoms with Crippen molar-refractivity contribution in [2.75, 3.05) is 0 Å². The summed E-state index contributed by atoms with van der Waals surface area (Å²) in [5, 5.41) is 16.8. The highest BCUT2D eigenvalue weighted by Crippen LogP contribution is 2.35. The lowest BCUT2D eigenvalue weighted by atomic mass is 10.0. The van der Waals surface area contributed by atoms with Gasteiger partial charge < -0.3 is 5.11 Å². The smallest absolute Gasteiger partial charge is 0.181 e. The first-order chi connectivity index (χ1) is 11.5. The first-order valence-electron chi connectivity index (χ1n) is 7.89. The van der Waals surface area contributed by atoms with Crippen LogP contribution in [0, 0.1) is 0 Å². The van der Waals surface area contributed by atoms with Crippen LogP contribution in [0.15, 0.2) is 36.7 Å². The fourth-order valence-corrected chi connectivity index (χ4v) is 3.84. The molecule has 0 fully saturated rings. The molecule has 4 rings (SSSR count). The third-order valence-corrected chi connectivity index (χ3v) is 5.67. The lowest BCUT2D eigenvalue weighted by Gasteiger charge is -2.18. The fourth-order valence-electron chi connectivity index (χ4n) is 2.69. The Morgan fingerprint density at radius 2 is 2.08 bits per heavy atom. The topological polar surface area (TPSA) is 63.8 Å². The van der Waals surface area contributed by atoms with Crippen LogP contribution in [0.4, 0.5) is 0 Å². The highest BCUT2D eigenvalue weighted by Gasteiger charge is 2.23. The van der Waals surface area contributed by atoms with E-state index >= 15 is 0 Å². The predicted molar refractivity (Wildman–Crippen MR) is 97.0 cm³/mol. The predicted octanol–water partition coefficient (Wildman–Crippen LogP) is 3.86. The summed E-state index contributed by atoms with van der Waals surface area (Å²) in [4.78, 5) is 11.1. The number of thiophene rings is 1. The van der Waals surface area contributed by atoms with Crippen LogP contribution in [0.5, 0.6) is 0 Å². The fraction of sp³-hybridized carbons (Fsp3) is 0.278. The molecule has 0 unspecified atom stereocenters. The number of nitrogens with zero attached hydrogens (tertiary/aromatic N) is 4. The van der Waals surface area contributed by atoms with Crippen molar-refractivity contribution >= 4 is 32.6 Å². The van der Waals surface area contributed by atoms with Gasteiger partial charge in [-0.3, -0.25) is 4.68 Å². The summed E-state index contributed by atoms with van der Waals surface area (Å²) in [7, 11) is 1.89. The summed E-state index contributed by atoms with van der Waals surface area (Å²) >= 11 is 1.55. The molecule has 4 aromatic heterocycles. The Morgan fingerprint density at radius 3 is 2.88 bits per heavy atom.